The predicted octanol–water partition coefficient (Wildman–Crippen LogP) is 3.17. The number of nitrogens with one attached hydrogen (secondary N) is 1. The first kappa shape index (κ1) is 14.7. The lowest BCUT2D eigenvalue weighted by molar-refractivity contribution is -0.147. The SMILES string of the molecule is CCc1cc2c(NCC(C)(CC)C(=O)O)ncnc2s1. The van der Waals surface area contributed by atoms with E-state index in [1.54, 1.807) is 18.3 Å². The van der Waals surface area contributed by atoms with E-state index in [4.69, 9.17) is 0 Å². The number of carbonyl (C=O) groups is 1. The molecule has 0 saturated heterocycles. The average molecular weight is 293 g/mol. The molecule has 0 aliphatic rings. The third-order valence-electron chi connectivity index (χ3n) is 3.67. The number of aromatic nitrogens is 2. The van der Waals surface area contributed by atoms with Gasteiger partial charge in [-0.05, 0) is 25.8 Å². The highest BCUT2D eigenvalue weighted by Gasteiger charge is 2.31. The van der Waals surface area contributed by atoms with E-state index in [-0.39, 0.29) is 0 Å². The molecule has 2 aromatic rings. The van der Waals surface area contributed by atoms with Gasteiger partial charge in [-0.25, -0.2) is 9.97 Å². The summed E-state index contributed by atoms with van der Waals surface area (Å²) in [6.07, 6.45) is 3.04. The van der Waals surface area contributed by atoms with Gasteiger partial charge in [0.05, 0.1) is 10.8 Å². The Balaban J connectivity index is 2.25. The lowest BCUT2D eigenvalue weighted by atomic mass is 9.88. The second-order valence-electron chi connectivity index (χ2n) is 5.08. The first-order valence-corrected chi connectivity index (χ1v) is 7.52. The molecule has 5 nitrogen and oxygen atoms in total. The van der Waals surface area contributed by atoms with Crippen LogP contribution in [0.25, 0.3) is 10.2 Å². The van der Waals surface area contributed by atoms with Crippen molar-refractivity contribution in [3.63, 3.8) is 0 Å². The summed E-state index contributed by atoms with van der Waals surface area (Å²) in [7, 11) is 0. The third kappa shape index (κ3) is 2.75. The van der Waals surface area contributed by atoms with Crippen molar-refractivity contribution in [3.8, 4) is 0 Å². The van der Waals surface area contributed by atoms with Gasteiger partial charge in [-0.2, -0.15) is 0 Å². The number of hydrogen-bond acceptors (Lipinski definition) is 5. The zero-order valence-electron chi connectivity index (χ0n) is 11.9. The Morgan fingerprint density at radius 2 is 2.20 bits per heavy atom. The molecule has 0 fully saturated rings. The van der Waals surface area contributed by atoms with Crippen LogP contribution >= 0.6 is 11.3 Å². The highest BCUT2D eigenvalue weighted by atomic mass is 32.1. The second kappa shape index (κ2) is 5.75. The van der Waals surface area contributed by atoms with E-state index in [0.717, 1.165) is 16.6 Å². The van der Waals surface area contributed by atoms with Crippen molar-refractivity contribution >= 4 is 33.3 Å². The quantitative estimate of drug-likeness (QED) is 0.855. The Morgan fingerprint density at radius 1 is 1.45 bits per heavy atom. The zero-order chi connectivity index (χ0) is 14.8. The number of carboxylic acids is 1. The van der Waals surface area contributed by atoms with Crippen molar-refractivity contribution in [2.24, 2.45) is 5.41 Å². The molecule has 0 amide bonds. The molecule has 1 atom stereocenters. The van der Waals surface area contributed by atoms with Crippen LogP contribution in [0.1, 0.15) is 32.1 Å². The number of aliphatic carboxylic acids is 1. The Kier molecular flexibility index (Phi) is 4.23. The summed E-state index contributed by atoms with van der Waals surface area (Å²) in [5.74, 6) is -0.0794. The number of fused-ring (bicyclic) bond motifs is 1. The van der Waals surface area contributed by atoms with Gasteiger partial charge in [-0.1, -0.05) is 13.8 Å². The molecule has 0 bridgehead atoms. The van der Waals surface area contributed by atoms with E-state index in [1.165, 1.54) is 11.2 Å². The largest absolute Gasteiger partial charge is 0.481 e. The van der Waals surface area contributed by atoms with Crippen LogP contribution in [0.4, 0.5) is 5.82 Å². The van der Waals surface area contributed by atoms with E-state index < -0.39 is 11.4 Å². The maximum atomic E-state index is 11.3. The molecule has 2 aromatic heterocycles. The van der Waals surface area contributed by atoms with E-state index >= 15 is 0 Å². The van der Waals surface area contributed by atoms with Crippen LogP contribution in [0.3, 0.4) is 0 Å². The van der Waals surface area contributed by atoms with Crippen LogP contribution in [0, 0.1) is 5.41 Å². The summed E-state index contributed by atoms with van der Waals surface area (Å²) < 4.78 is 0. The highest BCUT2D eigenvalue weighted by Crippen LogP contribution is 2.29. The minimum Gasteiger partial charge on any atom is -0.481 e. The van der Waals surface area contributed by atoms with Crippen LogP contribution in [-0.2, 0) is 11.2 Å². The number of aryl methyl sites for hydroxylation is 1. The monoisotopic (exact) mass is 293 g/mol. The Bertz CT molecular complexity index is 626. The fraction of sp³-hybridized carbons (Fsp3) is 0.500. The molecule has 0 saturated carbocycles. The van der Waals surface area contributed by atoms with E-state index in [2.05, 4.69) is 28.3 Å². The van der Waals surface area contributed by atoms with Crippen molar-refractivity contribution in [2.75, 3.05) is 11.9 Å². The van der Waals surface area contributed by atoms with Crippen molar-refractivity contribution in [1.29, 1.82) is 0 Å². The number of anilines is 1. The fourth-order valence-corrected chi connectivity index (χ4v) is 2.79. The van der Waals surface area contributed by atoms with Gasteiger partial charge in [-0.15, -0.1) is 11.3 Å². The van der Waals surface area contributed by atoms with Crippen LogP contribution in [-0.4, -0.2) is 27.6 Å². The average Bonchev–Trinajstić information content (AvgIpc) is 2.88. The molecule has 20 heavy (non-hydrogen) atoms. The molecule has 0 aromatic carbocycles. The molecular formula is C14H19N3O2S. The molecule has 108 valence electrons. The molecule has 0 spiro atoms. The van der Waals surface area contributed by atoms with E-state index in [0.29, 0.717) is 18.8 Å². The standard InChI is InChI=1S/C14H19N3O2S/c1-4-9-6-10-11(16-8-17-12(10)20-9)15-7-14(3,5-2)13(18)19/h6,8H,4-5,7H2,1-3H3,(H,18,19)(H,15,16,17). The van der Waals surface area contributed by atoms with Gasteiger partial charge < -0.3 is 10.4 Å². The van der Waals surface area contributed by atoms with Crippen molar-refractivity contribution < 1.29 is 9.90 Å². The van der Waals surface area contributed by atoms with Crippen LogP contribution < -0.4 is 5.32 Å². The van der Waals surface area contributed by atoms with Gasteiger partial charge >= 0.3 is 5.97 Å². The first-order chi connectivity index (χ1) is 9.50. The van der Waals surface area contributed by atoms with Gasteiger partial charge in [0.15, 0.2) is 0 Å². The van der Waals surface area contributed by atoms with E-state index in [1.807, 2.05) is 6.92 Å². The maximum absolute atomic E-state index is 11.3. The van der Waals surface area contributed by atoms with Crippen LogP contribution in [0.15, 0.2) is 12.4 Å². The van der Waals surface area contributed by atoms with Crippen LogP contribution in [0.2, 0.25) is 0 Å². The number of hydrogen-bond donors (Lipinski definition) is 2. The highest BCUT2D eigenvalue weighted by molar-refractivity contribution is 7.18. The number of carboxylic acid groups (broad SMARTS) is 1. The summed E-state index contributed by atoms with van der Waals surface area (Å²) >= 11 is 1.65. The summed E-state index contributed by atoms with van der Waals surface area (Å²) in [5.41, 5.74) is -0.791. The number of thiophene rings is 1. The van der Waals surface area contributed by atoms with Crippen molar-refractivity contribution in [2.45, 2.75) is 33.6 Å². The predicted molar refractivity (Wildman–Crippen MR) is 81.3 cm³/mol. The molecule has 0 aliphatic carbocycles. The van der Waals surface area contributed by atoms with Gasteiger partial charge in [0.2, 0.25) is 0 Å². The number of nitrogens with zero attached hydrogens (tertiary/aromatic N) is 2. The lowest BCUT2D eigenvalue weighted by Crippen LogP contribution is -2.34. The summed E-state index contributed by atoms with van der Waals surface area (Å²) in [5, 5.41) is 13.4. The molecule has 2 rings (SSSR count). The van der Waals surface area contributed by atoms with Crippen molar-refractivity contribution in [1.82, 2.24) is 9.97 Å². The van der Waals surface area contributed by atoms with Gasteiger partial charge in [0.25, 0.3) is 0 Å². The molecule has 0 radical (unpaired) electrons. The summed E-state index contributed by atoms with van der Waals surface area (Å²) in [4.78, 5) is 22.0. The third-order valence-corrected chi connectivity index (χ3v) is 4.86. The Labute approximate surface area is 122 Å². The van der Waals surface area contributed by atoms with Gasteiger partial charge in [0, 0.05) is 11.4 Å². The van der Waals surface area contributed by atoms with Gasteiger partial charge in [0.1, 0.15) is 17.0 Å². The molecule has 0 aliphatic heterocycles. The molecule has 2 N–H and O–H groups in total. The smallest absolute Gasteiger partial charge is 0.311 e. The molecule has 2 heterocycles. The summed E-state index contributed by atoms with van der Waals surface area (Å²) in [6, 6.07) is 2.08. The Morgan fingerprint density at radius 3 is 2.80 bits per heavy atom. The maximum Gasteiger partial charge on any atom is 0.311 e. The molecule has 1 unspecified atom stereocenters. The molecular weight excluding hydrogens is 274 g/mol. The van der Waals surface area contributed by atoms with Gasteiger partial charge in [-0.3, -0.25) is 4.79 Å². The zero-order valence-corrected chi connectivity index (χ0v) is 12.8. The minimum atomic E-state index is -0.794. The minimum absolute atomic E-state index is 0.349. The summed E-state index contributed by atoms with van der Waals surface area (Å²) in [6.45, 7) is 6.07. The topological polar surface area (TPSA) is 75.1 Å². The first-order valence-electron chi connectivity index (χ1n) is 6.71. The van der Waals surface area contributed by atoms with Crippen LogP contribution in [0.5, 0.6) is 0 Å². The Hall–Kier alpha value is -1.69. The fourth-order valence-electron chi connectivity index (χ4n) is 1.85. The number of rotatable bonds is 6. The molecule has 6 heteroatoms. The normalized spacial score (nSPS) is 14.2. The van der Waals surface area contributed by atoms with E-state index in [9.17, 15) is 9.90 Å². The lowest BCUT2D eigenvalue weighted by Gasteiger charge is -2.23. The second-order valence-corrected chi connectivity index (χ2v) is 6.20. The van der Waals surface area contributed by atoms with Crippen molar-refractivity contribution in [3.05, 3.63) is 17.3 Å².